The van der Waals surface area contributed by atoms with Crippen molar-refractivity contribution in [3.8, 4) is 11.6 Å². The number of amides is 2. The van der Waals surface area contributed by atoms with Crippen LogP contribution >= 0.6 is 0 Å². The number of hydrogen-bond donors (Lipinski definition) is 1. The van der Waals surface area contributed by atoms with Gasteiger partial charge >= 0.3 is 0 Å². The fraction of sp³-hybridized carbons (Fsp3) is 0.381. The number of hydrogen-bond acceptors (Lipinski definition) is 5. The quantitative estimate of drug-likeness (QED) is 0.861. The van der Waals surface area contributed by atoms with E-state index in [1.807, 2.05) is 30.3 Å². The molecule has 28 heavy (non-hydrogen) atoms. The van der Waals surface area contributed by atoms with Gasteiger partial charge in [0.15, 0.2) is 0 Å². The topological polar surface area (TPSA) is 80.8 Å². The molecule has 146 valence electrons. The van der Waals surface area contributed by atoms with Gasteiger partial charge in [-0.2, -0.15) is 0 Å². The molecule has 3 heterocycles. The van der Waals surface area contributed by atoms with Gasteiger partial charge in [-0.3, -0.25) is 9.59 Å². The number of nitrogens with one attached hydrogen (secondary N) is 1. The molecule has 1 aromatic heterocycles. The first-order chi connectivity index (χ1) is 13.7. The second kappa shape index (κ2) is 8.39. The van der Waals surface area contributed by atoms with E-state index in [1.54, 1.807) is 17.2 Å². The minimum absolute atomic E-state index is 0.0943. The highest BCUT2D eigenvalue weighted by Gasteiger charge is 2.26. The molecule has 7 heteroatoms. The van der Waals surface area contributed by atoms with Gasteiger partial charge < -0.3 is 19.7 Å². The van der Waals surface area contributed by atoms with E-state index >= 15 is 0 Å². The third kappa shape index (κ3) is 4.14. The number of benzene rings is 1. The van der Waals surface area contributed by atoms with Crippen LogP contribution in [0.4, 0.5) is 5.69 Å². The molecule has 0 bridgehead atoms. The molecule has 0 spiro atoms. The summed E-state index contributed by atoms with van der Waals surface area (Å²) in [7, 11) is 0. The average molecular weight is 381 g/mol. The first-order valence-electron chi connectivity index (χ1n) is 9.60. The Kier molecular flexibility index (Phi) is 5.53. The zero-order valence-electron chi connectivity index (χ0n) is 15.6. The molecule has 1 aromatic carbocycles. The number of ether oxygens (including phenoxy) is 2. The maximum atomic E-state index is 12.9. The molecule has 1 saturated heterocycles. The van der Waals surface area contributed by atoms with Gasteiger partial charge in [0, 0.05) is 37.8 Å². The number of carbonyl (C=O) groups excluding carboxylic acids is 2. The highest BCUT2D eigenvalue weighted by Crippen LogP contribution is 2.37. The summed E-state index contributed by atoms with van der Waals surface area (Å²) < 4.78 is 11.4. The van der Waals surface area contributed by atoms with Crippen LogP contribution in [0, 0.1) is 0 Å². The number of anilines is 1. The predicted molar refractivity (Wildman–Crippen MR) is 103 cm³/mol. The van der Waals surface area contributed by atoms with E-state index in [-0.39, 0.29) is 30.8 Å². The van der Waals surface area contributed by atoms with E-state index in [4.69, 9.17) is 9.47 Å². The number of fused-ring (bicyclic) bond motifs is 2. The highest BCUT2D eigenvalue weighted by atomic mass is 16.5. The summed E-state index contributed by atoms with van der Waals surface area (Å²) in [6.07, 6.45) is 3.99. The van der Waals surface area contributed by atoms with Crippen LogP contribution in [0.3, 0.4) is 0 Å². The van der Waals surface area contributed by atoms with Gasteiger partial charge in [-0.1, -0.05) is 18.2 Å². The standard InChI is InChI=1S/C21H23N3O4/c25-19(23-13-16-6-4-12-27-16)9-10-20(26)24-14-15-5-1-2-8-18(15)28-21-17(24)7-3-11-22-21/h1-3,5,7-8,11,16H,4,6,9-10,12-14H2,(H,23,25). The first-order valence-corrected chi connectivity index (χ1v) is 9.60. The molecule has 1 unspecified atom stereocenters. The second-order valence-corrected chi connectivity index (χ2v) is 6.96. The van der Waals surface area contributed by atoms with Gasteiger partial charge in [0.25, 0.3) is 0 Å². The molecule has 2 amide bonds. The van der Waals surface area contributed by atoms with Gasteiger partial charge in [-0.15, -0.1) is 0 Å². The molecule has 0 saturated carbocycles. The van der Waals surface area contributed by atoms with Crippen molar-refractivity contribution in [2.24, 2.45) is 0 Å². The maximum absolute atomic E-state index is 12.9. The maximum Gasteiger partial charge on any atom is 0.243 e. The molecule has 0 radical (unpaired) electrons. The summed E-state index contributed by atoms with van der Waals surface area (Å²) in [4.78, 5) is 31.0. The van der Waals surface area contributed by atoms with Crippen molar-refractivity contribution >= 4 is 17.5 Å². The summed E-state index contributed by atoms with van der Waals surface area (Å²) in [5.41, 5.74) is 1.51. The fourth-order valence-corrected chi connectivity index (χ4v) is 3.46. The molecular formula is C21H23N3O4. The van der Waals surface area contributed by atoms with Crippen molar-refractivity contribution in [1.29, 1.82) is 0 Å². The largest absolute Gasteiger partial charge is 0.437 e. The van der Waals surface area contributed by atoms with Crippen molar-refractivity contribution in [3.63, 3.8) is 0 Å². The van der Waals surface area contributed by atoms with Crippen molar-refractivity contribution in [3.05, 3.63) is 48.2 Å². The molecule has 0 aliphatic carbocycles. The summed E-state index contributed by atoms with van der Waals surface area (Å²) in [6.45, 7) is 1.64. The van der Waals surface area contributed by atoms with Crippen LogP contribution in [0.2, 0.25) is 0 Å². The van der Waals surface area contributed by atoms with E-state index in [1.165, 1.54) is 0 Å². The highest BCUT2D eigenvalue weighted by molar-refractivity contribution is 5.96. The summed E-state index contributed by atoms with van der Waals surface area (Å²) in [6, 6.07) is 11.2. The smallest absolute Gasteiger partial charge is 0.243 e. The molecule has 2 aliphatic heterocycles. The minimum Gasteiger partial charge on any atom is -0.437 e. The zero-order valence-corrected chi connectivity index (χ0v) is 15.6. The fourth-order valence-electron chi connectivity index (χ4n) is 3.46. The van der Waals surface area contributed by atoms with E-state index in [2.05, 4.69) is 10.3 Å². The van der Waals surface area contributed by atoms with Crippen LogP contribution in [-0.2, 0) is 20.9 Å². The number of para-hydroxylation sites is 1. The number of carbonyl (C=O) groups is 2. The minimum atomic E-state index is -0.137. The van der Waals surface area contributed by atoms with Crippen molar-refractivity contribution in [2.75, 3.05) is 18.1 Å². The lowest BCUT2D eigenvalue weighted by atomic mass is 10.1. The van der Waals surface area contributed by atoms with Gasteiger partial charge in [0.05, 0.1) is 12.6 Å². The van der Waals surface area contributed by atoms with E-state index in [0.29, 0.717) is 30.4 Å². The number of aromatic nitrogens is 1. The van der Waals surface area contributed by atoms with Crippen molar-refractivity contribution in [2.45, 2.75) is 38.3 Å². The van der Waals surface area contributed by atoms with E-state index in [0.717, 1.165) is 25.0 Å². The van der Waals surface area contributed by atoms with Crippen LogP contribution in [0.25, 0.3) is 0 Å². The summed E-state index contributed by atoms with van der Waals surface area (Å²) in [5.74, 6) is 0.805. The number of pyridine rings is 1. The Bertz CT molecular complexity index is 864. The molecule has 4 rings (SSSR count). The molecule has 2 aliphatic rings. The van der Waals surface area contributed by atoms with Gasteiger partial charge in [-0.25, -0.2) is 4.98 Å². The lowest BCUT2D eigenvalue weighted by Crippen LogP contribution is -2.34. The van der Waals surface area contributed by atoms with Gasteiger partial charge in [-0.05, 0) is 31.0 Å². The summed E-state index contributed by atoms with van der Waals surface area (Å²) >= 11 is 0. The van der Waals surface area contributed by atoms with Crippen molar-refractivity contribution in [1.82, 2.24) is 10.3 Å². The van der Waals surface area contributed by atoms with Crippen LogP contribution in [0.5, 0.6) is 11.6 Å². The normalized spacial score (nSPS) is 17.9. The Hall–Kier alpha value is -2.93. The van der Waals surface area contributed by atoms with Crippen LogP contribution in [0.15, 0.2) is 42.6 Å². The first kappa shape index (κ1) is 18.4. The third-order valence-corrected chi connectivity index (χ3v) is 4.97. The predicted octanol–water partition coefficient (Wildman–Crippen LogP) is 2.80. The van der Waals surface area contributed by atoms with E-state index in [9.17, 15) is 9.59 Å². The Morgan fingerprint density at radius 3 is 2.93 bits per heavy atom. The van der Waals surface area contributed by atoms with Crippen LogP contribution in [0.1, 0.15) is 31.2 Å². The molecule has 1 fully saturated rings. The molecular weight excluding hydrogens is 358 g/mol. The van der Waals surface area contributed by atoms with Gasteiger partial charge in [0.2, 0.25) is 17.7 Å². The third-order valence-electron chi connectivity index (χ3n) is 4.97. The molecule has 1 N–H and O–H groups in total. The molecule has 1 atom stereocenters. The number of nitrogens with zero attached hydrogens (tertiary/aromatic N) is 2. The SMILES string of the molecule is O=C(CCC(=O)N1Cc2ccccc2Oc2ncccc21)NCC1CCCO1. The zero-order chi connectivity index (χ0) is 19.3. The Labute approximate surface area is 163 Å². The lowest BCUT2D eigenvalue weighted by molar-refractivity contribution is -0.125. The molecule has 7 nitrogen and oxygen atoms in total. The lowest BCUT2D eigenvalue weighted by Gasteiger charge is -2.21. The number of rotatable bonds is 5. The van der Waals surface area contributed by atoms with E-state index < -0.39 is 0 Å². The van der Waals surface area contributed by atoms with Crippen LogP contribution in [-0.4, -0.2) is 36.1 Å². The Morgan fingerprint density at radius 1 is 1.18 bits per heavy atom. The average Bonchev–Trinajstić information content (AvgIpc) is 3.18. The molecule has 2 aromatic rings. The van der Waals surface area contributed by atoms with Gasteiger partial charge in [0.1, 0.15) is 11.4 Å². The second-order valence-electron chi connectivity index (χ2n) is 6.96. The Balaban J connectivity index is 1.42. The summed E-state index contributed by atoms with van der Waals surface area (Å²) in [5, 5.41) is 2.86. The van der Waals surface area contributed by atoms with Crippen LogP contribution < -0.4 is 15.0 Å². The monoisotopic (exact) mass is 381 g/mol. The Morgan fingerprint density at radius 2 is 2.07 bits per heavy atom. The van der Waals surface area contributed by atoms with Crippen molar-refractivity contribution < 1.29 is 19.1 Å².